The van der Waals surface area contributed by atoms with Gasteiger partial charge in [-0.25, -0.2) is 0 Å². The Morgan fingerprint density at radius 1 is 0.758 bits per heavy atom. The third kappa shape index (κ3) is 19.6. The van der Waals surface area contributed by atoms with E-state index in [1.54, 1.807) is 36.4 Å². The summed E-state index contributed by atoms with van der Waals surface area (Å²) in [7, 11) is -0.465. The number of unbranched alkanes of at least 4 members (excludes halogenated alkanes) is 2. The van der Waals surface area contributed by atoms with Crippen molar-refractivity contribution in [1.29, 1.82) is 0 Å². The molecule has 0 fully saturated rings. The van der Waals surface area contributed by atoms with E-state index in [0.717, 1.165) is 11.8 Å². The Kier molecular flexibility index (Phi) is 22.4. The summed E-state index contributed by atoms with van der Waals surface area (Å²) >= 11 is 0. The monoisotopic (exact) mass is 477 g/mol. The lowest BCUT2D eigenvalue weighted by Gasteiger charge is -2.19. The first-order valence-electron chi connectivity index (χ1n) is 12.7. The minimum atomic E-state index is -0.465. The van der Waals surface area contributed by atoms with Crippen LogP contribution < -0.4 is 9.84 Å². The Hall–Kier alpha value is -1.61. The molecule has 2 aromatic carbocycles. The number of rotatable bonds is 14. The van der Waals surface area contributed by atoms with Crippen molar-refractivity contribution in [2.24, 2.45) is 11.8 Å². The van der Waals surface area contributed by atoms with Crippen LogP contribution in [0.1, 0.15) is 79.1 Å². The van der Waals surface area contributed by atoms with Crippen LogP contribution in [0.2, 0.25) is 0 Å². The summed E-state index contributed by atoms with van der Waals surface area (Å²) in [6.45, 7) is 11.7. The van der Waals surface area contributed by atoms with Crippen LogP contribution in [-0.2, 0) is 0 Å². The van der Waals surface area contributed by atoms with Gasteiger partial charge in [-0.3, -0.25) is 0 Å². The van der Waals surface area contributed by atoms with Gasteiger partial charge in [0.05, 0.1) is 0 Å². The highest BCUT2D eigenvalue weighted by atomic mass is 31.1. The van der Waals surface area contributed by atoms with Crippen molar-refractivity contribution < 1.29 is 14.5 Å². The SMILES string of the molecule is CCCCC(CC)CNCC(CC)CCCC.OPOc1ccccc1.Oc1ccccc1. The molecule has 2 rings (SSSR count). The van der Waals surface area contributed by atoms with E-state index in [2.05, 4.69) is 33.0 Å². The molecule has 0 aromatic heterocycles. The Balaban J connectivity index is 0.000000526. The molecule has 3 N–H and O–H groups in total. The Morgan fingerprint density at radius 2 is 1.21 bits per heavy atom. The first kappa shape index (κ1) is 31.4. The molecule has 0 aliphatic heterocycles. The standard InChI is InChI=1S/C16H35N.C6H7O2P.C6H6O/c1-5-9-11-15(7-3)13-17-14-16(8-4)12-10-6-2;7-9-8-6-4-2-1-3-5-6;7-6-4-2-1-3-5-6/h15-17H,5-14H2,1-4H3;1-5,7,9H;1-5,7H. The predicted molar refractivity (Wildman–Crippen MR) is 145 cm³/mol. The van der Waals surface area contributed by atoms with Gasteiger partial charge in [-0.15, -0.1) is 0 Å². The first-order valence-corrected chi connectivity index (χ1v) is 13.5. The van der Waals surface area contributed by atoms with Gasteiger partial charge in [0.25, 0.3) is 0 Å². The molecule has 5 heteroatoms. The third-order valence-electron chi connectivity index (χ3n) is 5.62. The molecule has 3 atom stereocenters. The molecule has 0 saturated heterocycles. The van der Waals surface area contributed by atoms with Gasteiger partial charge in [0, 0.05) is 0 Å². The van der Waals surface area contributed by atoms with Crippen molar-refractivity contribution >= 4 is 9.03 Å². The van der Waals surface area contributed by atoms with Crippen LogP contribution in [0.3, 0.4) is 0 Å². The number of hydrogen-bond acceptors (Lipinski definition) is 4. The summed E-state index contributed by atoms with van der Waals surface area (Å²) in [6.07, 6.45) is 10.9. The average molecular weight is 478 g/mol. The van der Waals surface area contributed by atoms with Crippen LogP contribution in [0, 0.1) is 11.8 Å². The lowest BCUT2D eigenvalue weighted by atomic mass is 9.97. The number of para-hydroxylation sites is 2. The van der Waals surface area contributed by atoms with Gasteiger partial charge < -0.3 is 19.8 Å². The maximum absolute atomic E-state index is 8.63. The molecule has 0 heterocycles. The van der Waals surface area contributed by atoms with Crippen molar-refractivity contribution in [3.8, 4) is 11.5 Å². The van der Waals surface area contributed by atoms with Gasteiger partial charge in [0.1, 0.15) is 11.5 Å². The van der Waals surface area contributed by atoms with Crippen LogP contribution in [0.5, 0.6) is 11.5 Å². The Labute approximate surface area is 205 Å². The largest absolute Gasteiger partial charge is 0.508 e. The second-order valence-electron chi connectivity index (χ2n) is 8.33. The molecular formula is C28H48NO3P. The van der Waals surface area contributed by atoms with Gasteiger partial charge in [-0.1, -0.05) is 103 Å². The molecule has 0 radical (unpaired) electrons. The van der Waals surface area contributed by atoms with Gasteiger partial charge >= 0.3 is 0 Å². The molecular weight excluding hydrogens is 429 g/mol. The number of hydrogen-bond donors (Lipinski definition) is 3. The minimum absolute atomic E-state index is 0.322. The quantitative estimate of drug-likeness (QED) is 0.241. The Morgan fingerprint density at radius 3 is 1.55 bits per heavy atom. The average Bonchev–Trinajstić information content (AvgIpc) is 2.85. The first-order chi connectivity index (χ1) is 16.1. The second-order valence-corrected chi connectivity index (χ2v) is 8.72. The van der Waals surface area contributed by atoms with Crippen molar-refractivity contribution in [1.82, 2.24) is 5.32 Å². The van der Waals surface area contributed by atoms with E-state index in [9.17, 15) is 0 Å². The van der Waals surface area contributed by atoms with Crippen LogP contribution in [-0.4, -0.2) is 23.1 Å². The Bertz CT molecular complexity index is 612. The second kappa shape index (κ2) is 23.5. The van der Waals surface area contributed by atoms with Crippen molar-refractivity contribution in [2.45, 2.75) is 79.1 Å². The summed E-state index contributed by atoms with van der Waals surface area (Å²) in [4.78, 5) is 8.33. The number of benzene rings is 2. The zero-order valence-electron chi connectivity index (χ0n) is 21.3. The van der Waals surface area contributed by atoms with Crippen LogP contribution >= 0.6 is 9.03 Å². The highest BCUT2D eigenvalue weighted by Crippen LogP contribution is 2.16. The highest BCUT2D eigenvalue weighted by molar-refractivity contribution is 7.25. The summed E-state index contributed by atoms with van der Waals surface area (Å²) in [5.74, 6) is 2.83. The van der Waals surface area contributed by atoms with Crippen LogP contribution in [0.15, 0.2) is 60.7 Å². The van der Waals surface area contributed by atoms with E-state index in [0.29, 0.717) is 11.5 Å². The number of phenols is 1. The highest BCUT2D eigenvalue weighted by Gasteiger charge is 2.08. The summed E-state index contributed by atoms with van der Waals surface area (Å²) in [6, 6.07) is 17.9. The van der Waals surface area contributed by atoms with E-state index in [1.807, 2.05) is 24.3 Å². The molecule has 0 bridgehead atoms. The zero-order valence-corrected chi connectivity index (χ0v) is 22.3. The molecule has 0 spiro atoms. The maximum atomic E-state index is 8.63. The summed E-state index contributed by atoms with van der Waals surface area (Å²) < 4.78 is 4.79. The zero-order chi connectivity index (χ0) is 24.6. The van der Waals surface area contributed by atoms with E-state index < -0.39 is 9.03 Å². The molecule has 0 aliphatic carbocycles. The van der Waals surface area contributed by atoms with E-state index in [1.165, 1.54) is 64.5 Å². The molecule has 0 aliphatic rings. The third-order valence-corrected chi connectivity index (χ3v) is 5.94. The lowest BCUT2D eigenvalue weighted by molar-refractivity contribution is 0.372. The lowest BCUT2D eigenvalue weighted by Crippen LogP contribution is -2.28. The fourth-order valence-electron chi connectivity index (χ4n) is 3.35. The van der Waals surface area contributed by atoms with Crippen LogP contribution in [0.4, 0.5) is 0 Å². The molecule has 0 amide bonds. The van der Waals surface area contributed by atoms with Crippen molar-refractivity contribution in [3.63, 3.8) is 0 Å². The number of phenolic OH excluding ortho intramolecular Hbond substituents is 1. The van der Waals surface area contributed by atoms with Gasteiger partial charge in [-0.2, -0.15) is 0 Å². The smallest absolute Gasteiger partial charge is 0.212 e. The van der Waals surface area contributed by atoms with Crippen molar-refractivity contribution in [3.05, 3.63) is 60.7 Å². The molecule has 3 unspecified atom stereocenters. The normalized spacial score (nSPS) is 12.3. The fraction of sp³-hybridized carbons (Fsp3) is 0.571. The van der Waals surface area contributed by atoms with Crippen molar-refractivity contribution in [2.75, 3.05) is 13.1 Å². The predicted octanol–water partition coefficient (Wildman–Crippen LogP) is 7.97. The van der Waals surface area contributed by atoms with Gasteiger partial charge in [0.2, 0.25) is 9.03 Å². The minimum Gasteiger partial charge on any atom is -0.508 e. The molecule has 33 heavy (non-hydrogen) atoms. The molecule has 188 valence electrons. The molecule has 0 saturated carbocycles. The topological polar surface area (TPSA) is 61.7 Å². The van der Waals surface area contributed by atoms with Gasteiger partial charge in [0.15, 0.2) is 0 Å². The fourth-order valence-corrected chi connectivity index (χ4v) is 3.59. The van der Waals surface area contributed by atoms with Gasteiger partial charge in [-0.05, 0) is 62.0 Å². The molecule has 4 nitrogen and oxygen atoms in total. The van der Waals surface area contributed by atoms with E-state index in [4.69, 9.17) is 14.5 Å². The maximum Gasteiger partial charge on any atom is 0.212 e. The number of nitrogens with one attached hydrogen (secondary N) is 1. The van der Waals surface area contributed by atoms with E-state index in [-0.39, 0.29) is 0 Å². The van der Waals surface area contributed by atoms with E-state index >= 15 is 0 Å². The summed E-state index contributed by atoms with van der Waals surface area (Å²) in [5, 5.41) is 12.3. The number of aromatic hydroxyl groups is 1. The molecule has 2 aromatic rings. The van der Waals surface area contributed by atoms with Crippen LogP contribution in [0.25, 0.3) is 0 Å². The summed E-state index contributed by atoms with van der Waals surface area (Å²) in [5.41, 5.74) is 0.